The van der Waals surface area contributed by atoms with Crippen molar-refractivity contribution >= 4 is 11.6 Å². The molecular weight excluding hydrogens is 456 g/mol. The fraction of sp³-hybridized carbons (Fsp3) is 0.0455. The van der Waals surface area contributed by atoms with Gasteiger partial charge in [0.1, 0.15) is 17.1 Å². The van der Waals surface area contributed by atoms with Crippen molar-refractivity contribution in [2.24, 2.45) is 0 Å². The zero-order chi connectivity index (χ0) is 24.5. The maximum absolute atomic E-state index is 13.6. The van der Waals surface area contributed by atoms with Crippen molar-refractivity contribution in [2.45, 2.75) is 6.18 Å². The Bertz CT molecular complexity index is 1430. The van der Waals surface area contributed by atoms with Gasteiger partial charge in [0.2, 0.25) is 0 Å². The van der Waals surface area contributed by atoms with E-state index in [9.17, 15) is 32.7 Å². The van der Waals surface area contributed by atoms with Crippen LogP contribution in [0.4, 0.5) is 23.2 Å². The predicted octanol–water partition coefficient (Wildman–Crippen LogP) is 4.32. The predicted molar refractivity (Wildman–Crippen MR) is 110 cm³/mol. The van der Waals surface area contributed by atoms with E-state index < -0.39 is 29.3 Å². The molecule has 34 heavy (non-hydrogen) atoms. The molecule has 0 atom stereocenters. The largest absolute Gasteiger partial charge is 0.507 e. The molecule has 2 aromatic heterocycles. The molecule has 0 bridgehead atoms. The first-order valence-electron chi connectivity index (χ1n) is 9.45. The van der Waals surface area contributed by atoms with Crippen LogP contribution in [0, 0.1) is 17.1 Å². The standard InChI is InChI=1S/C22H12F4N6O2/c23-14-2-4-16(19(33)8-14)12-1-3-17(13(7-12)10-27)21(34)31-15-9-18(22(24,25)26)20(28-11-15)32-29-5-6-30-32/h1-9,11,33H,(H,31,34). The second-order valence-electron chi connectivity index (χ2n) is 6.90. The molecule has 0 saturated carbocycles. The number of amides is 1. The second kappa shape index (κ2) is 8.62. The number of alkyl halides is 3. The zero-order valence-electron chi connectivity index (χ0n) is 16.9. The van der Waals surface area contributed by atoms with Crippen molar-refractivity contribution in [3.63, 3.8) is 0 Å². The van der Waals surface area contributed by atoms with Crippen LogP contribution in [0.15, 0.2) is 61.1 Å². The molecule has 2 N–H and O–H groups in total. The Balaban J connectivity index is 1.66. The number of carbonyl (C=O) groups is 1. The summed E-state index contributed by atoms with van der Waals surface area (Å²) in [7, 11) is 0. The van der Waals surface area contributed by atoms with Gasteiger partial charge in [-0.3, -0.25) is 4.79 Å². The van der Waals surface area contributed by atoms with Gasteiger partial charge in [0.25, 0.3) is 5.91 Å². The van der Waals surface area contributed by atoms with E-state index in [1.165, 1.54) is 36.7 Å². The number of pyridine rings is 1. The first-order valence-corrected chi connectivity index (χ1v) is 9.45. The highest BCUT2D eigenvalue weighted by Crippen LogP contribution is 2.34. The van der Waals surface area contributed by atoms with Gasteiger partial charge in [0.15, 0.2) is 5.82 Å². The van der Waals surface area contributed by atoms with Gasteiger partial charge in [-0.25, -0.2) is 9.37 Å². The number of hydrogen-bond acceptors (Lipinski definition) is 6. The molecule has 0 fully saturated rings. The summed E-state index contributed by atoms with van der Waals surface area (Å²) in [5, 5.41) is 29.0. The fourth-order valence-corrected chi connectivity index (χ4v) is 3.17. The van der Waals surface area contributed by atoms with Gasteiger partial charge in [-0.15, -0.1) is 4.80 Å². The molecule has 0 saturated heterocycles. The number of phenolic OH excluding ortho intramolecular Hbond substituents is 1. The lowest BCUT2D eigenvalue weighted by Crippen LogP contribution is -2.18. The van der Waals surface area contributed by atoms with Crippen LogP contribution >= 0.6 is 0 Å². The Labute approximate surface area is 188 Å². The summed E-state index contributed by atoms with van der Waals surface area (Å²) < 4.78 is 53.9. The molecule has 4 aromatic rings. The maximum Gasteiger partial charge on any atom is 0.420 e. The lowest BCUT2D eigenvalue weighted by Gasteiger charge is -2.14. The number of anilines is 1. The summed E-state index contributed by atoms with van der Waals surface area (Å²) in [5.41, 5.74) is -1.12. The highest BCUT2D eigenvalue weighted by molar-refractivity contribution is 6.06. The normalized spacial score (nSPS) is 11.1. The molecule has 12 heteroatoms. The average molecular weight is 468 g/mol. The van der Waals surface area contributed by atoms with Crippen molar-refractivity contribution in [1.82, 2.24) is 20.0 Å². The summed E-state index contributed by atoms with van der Waals surface area (Å²) in [6.07, 6.45) is -1.43. The van der Waals surface area contributed by atoms with Crippen LogP contribution in [0.1, 0.15) is 21.5 Å². The van der Waals surface area contributed by atoms with Gasteiger partial charge in [-0.2, -0.15) is 28.6 Å². The minimum Gasteiger partial charge on any atom is -0.507 e. The molecule has 0 aliphatic heterocycles. The van der Waals surface area contributed by atoms with E-state index in [4.69, 9.17) is 0 Å². The first kappa shape index (κ1) is 22.4. The Kier molecular flexibility index (Phi) is 5.68. The molecule has 0 aliphatic carbocycles. The number of halogens is 4. The molecule has 0 spiro atoms. The summed E-state index contributed by atoms with van der Waals surface area (Å²) in [6, 6.07) is 9.82. The van der Waals surface area contributed by atoms with Crippen LogP contribution < -0.4 is 5.32 Å². The van der Waals surface area contributed by atoms with E-state index in [0.29, 0.717) is 16.4 Å². The molecule has 1 amide bonds. The number of nitrogens with zero attached hydrogens (tertiary/aromatic N) is 5. The number of nitrogens with one attached hydrogen (secondary N) is 1. The Morgan fingerprint density at radius 3 is 2.47 bits per heavy atom. The maximum atomic E-state index is 13.6. The molecule has 2 aromatic carbocycles. The fourth-order valence-electron chi connectivity index (χ4n) is 3.17. The molecule has 2 heterocycles. The van der Waals surface area contributed by atoms with E-state index in [0.717, 1.165) is 18.3 Å². The third-order valence-electron chi connectivity index (χ3n) is 4.69. The van der Waals surface area contributed by atoms with Crippen molar-refractivity contribution in [1.29, 1.82) is 5.26 Å². The Morgan fingerprint density at radius 1 is 1.09 bits per heavy atom. The number of aromatic hydroxyl groups is 1. The van der Waals surface area contributed by atoms with E-state index in [-0.39, 0.29) is 28.1 Å². The van der Waals surface area contributed by atoms with Gasteiger partial charge in [-0.05, 0) is 35.9 Å². The van der Waals surface area contributed by atoms with Crippen LogP contribution in [0.2, 0.25) is 0 Å². The Morgan fingerprint density at radius 2 is 1.82 bits per heavy atom. The number of nitriles is 1. The smallest absolute Gasteiger partial charge is 0.420 e. The minimum absolute atomic E-state index is 0.111. The van der Waals surface area contributed by atoms with Crippen molar-refractivity contribution in [3.05, 3.63) is 83.6 Å². The molecule has 8 nitrogen and oxygen atoms in total. The number of aromatic nitrogens is 4. The highest BCUT2D eigenvalue weighted by Gasteiger charge is 2.36. The molecule has 4 rings (SSSR count). The average Bonchev–Trinajstić information content (AvgIpc) is 3.33. The van der Waals surface area contributed by atoms with Gasteiger partial charge < -0.3 is 10.4 Å². The van der Waals surface area contributed by atoms with Crippen molar-refractivity contribution in [2.75, 3.05) is 5.32 Å². The third-order valence-corrected chi connectivity index (χ3v) is 4.69. The molecule has 0 radical (unpaired) electrons. The van der Waals surface area contributed by atoms with Crippen LogP contribution in [-0.2, 0) is 6.18 Å². The van der Waals surface area contributed by atoms with Crippen molar-refractivity contribution in [3.8, 4) is 28.8 Å². The van der Waals surface area contributed by atoms with E-state index in [2.05, 4.69) is 20.5 Å². The van der Waals surface area contributed by atoms with Gasteiger partial charge in [0, 0.05) is 11.6 Å². The SMILES string of the molecule is N#Cc1cc(-c2ccc(F)cc2O)ccc1C(=O)Nc1cnc(-n2nccn2)c(C(F)(F)F)c1. The van der Waals surface area contributed by atoms with Crippen LogP contribution in [0.3, 0.4) is 0 Å². The second-order valence-corrected chi connectivity index (χ2v) is 6.90. The number of hydrogen-bond donors (Lipinski definition) is 2. The van der Waals surface area contributed by atoms with Crippen molar-refractivity contribution < 1.29 is 27.5 Å². The van der Waals surface area contributed by atoms with Gasteiger partial charge in [0.05, 0.1) is 41.5 Å². The molecular formula is C22H12F4N6O2. The molecule has 170 valence electrons. The summed E-state index contributed by atoms with van der Waals surface area (Å²) in [5.74, 6) is -2.44. The van der Waals surface area contributed by atoms with Gasteiger partial charge in [-0.1, -0.05) is 6.07 Å². The molecule has 0 aliphatic rings. The highest BCUT2D eigenvalue weighted by atomic mass is 19.4. The summed E-state index contributed by atoms with van der Waals surface area (Å²) >= 11 is 0. The molecule has 0 unspecified atom stereocenters. The zero-order valence-corrected chi connectivity index (χ0v) is 16.9. The summed E-state index contributed by atoms with van der Waals surface area (Å²) in [4.78, 5) is 17.2. The lowest BCUT2D eigenvalue weighted by atomic mass is 9.98. The number of carbonyl (C=O) groups excluding carboxylic acids is 1. The van der Waals surface area contributed by atoms with Crippen LogP contribution in [0.25, 0.3) is 16.9 Å². The van der Waals surface area contributed by atoms with E-state index in [1.807, 2.05) is 6.07 Å². The topological polar surface area (TPSA) is 117 Å². The van der Waals surface area contributed by atoms with Gasteiger partial charge >= 0.3 is 6.18 Å². The van der Waals surface area contributed by atoms with Crippen LogP contribution in [-0.4, -0.2) is 31.0 Å². The Hall–Kier alpha value is -4.79. The third kappa shape index (κ3) is 4.40. The monoisotopic (exact) mass is 468 g/mol. The number of rotatable bonds is 4. The van der Waals surface area contributed by atoms with E-state index >= 15 is 0 Å². The first-order chi connectivity index (χ1) is 16.2. The number of phenols is 1. The van der Waals surface area contributed by atoms with Crippen LogP contribution in [0.5, 0.6) is 5.75 Å². The minimum atomic E-state index is -4.81. The summed E-state index contributed by atoms with van der Waals surface area (Å²) in [6.45, 7) is 0. The quantitative estimate of drug-likeness (QED) is 0.431. The number of benzene rings is 2. The lowest BCUT2D eigenvalue weighted by molar-refractivity contribution is -0.137. The van der Waals surface area contributed by atoms with E-state index in [1.54, 1.807) is 0 Å².